The van der Waals surface area contributed by atoms with Crippen molar-refractivity contribution in [2.45, 2.75) is 69.6 Å². The summed E-state index contributed by atoms with van der Waals surface area (Å²) in [5, 5.41) is 3.82. The van der Waals surface area contributed by atoms with Crippen LogP contribution in [0.5, 0.6) is 0 Å². The van der Waals surface area contributed by atoms with Gasteiger partial charge >= 0.3 is 0 Å². The van der Waals surface area contributed by atoms with Crippen LogP contribution in [0.3, 0.4) is 0 Å². The molecule has 2 nitrogen and oxygen atoms in total. The van der Waals surface area contributed by atoms with Crippen LogP contribution in [0, 0.1) is 19.8 Å². The highest BCUT2D eigenvalue weighted by Gasteiger charge is 2.34. The van der Waals surface area contributed by atoms with E-state index in [0.717, 1.165) is 35.8 Å². The van der Waals surface area contributed by atoms with Gasteiger partial charge in [0.25, 0.3) is 0 Å². The molecule has 0 heterocycles. The van der Waals surface area contributed by atoms with Crippen molar-refractivity contribution in [2.24, 2.45) is 5.92 Å². The molecule has 2 rings (SSSR count). The van der Waals surface area contributed by atoms with E-state index in [4.69, 9.17) is 0 Å². The lowest BCUT2D eigenvalue weighted by molar-refractivity contribution is 0.294. The minimum Gasteiger partial charge on any atom is -0.313 e. The highest BCUT2D eigenvalue weighted by Crippen LogP contribution is 2.33. The van der Waals surface area contributed by atoms with E-state index < -0.39 is 10.8 Å². The molecule has 118 valence electrons. The smallest absolute Gasteiger partial charge is 0.0579 e. The second-order valence-corrected chi connectivity index (χ2v) is 8.00. The van der Waals surface area contributed by atoms with Crippen LogP contribution in [-0.4, -0.2) is 22.0 Å². The highest BCUT2D eigenvalue weighted by molar-refractivity contribution is 7.85. The molecular formula is C18H29NOS. The summed E-state index contributed by atoms with van der Waals surface area (Å²) in [5.74, 6) is 0.735. The predicted molar refractivity (Wildman–Crippen MR) is 91.2 cm³/mol. The summed E-state index contributed by atoms with van der Waals surface area (Å²) in [6.45, 7) is 9.52. The van der Waals surface area contributed by atoms with Crippen molar-refractivity contribution in [1.82, 2.24) is 5.32 Å². The molecule has 21 heavy (non-hydrogen) atoms. The van der Waals surface area contributed by atoms with Gasteiger partial charge in [-0.25, -0.2) is 0 Å². The Labute approximate surface area is 132 Å². The van der Waals surface area contributed by atoms with Crippen molar-refractivity contribution in [3.63, 3.8) is 0 Å². The van der Waals surface area contributed by atoms with Crippen molar-refractivity contribution >= 4 is 10.8 Å². The van der Waals surface area contributed by atoms with Gasteiger partial charge in [0.05, 0.1) is 16.0 Å². The molecular weight excluding hydrogens is 278 g/mol. The maximum atomic E-state index is 13.2. The molecule has 1 aromatic carbocycles. The number of hydrogen-bond acceptors (Lipinski definition) is 2. The van der Waals surface area contributed by atoms with Crippen LogP contribution in [0.15, 0.2) is 23.1 Å². The molecule has 4 unspecified atom stereocenters. The summed E-state index contributed by atoms with van der Waals surface area (Å²) in [7, 11) is -0.908. The minimum absolute atomic E-state index is 0.254. The molecule has 1 N–H and O–H groups in total. The average molecular weight is 308 g/mol. The van der Waals surface area contributed by atoms with Gasteiger partial charge in [0.2, 0.25) is 0 Å². The lowest BCUT2D eigenvalue weighted by Crippen LogP contribution is -2.46. The fourth-order valence-corrected chi connectivity index (χ4v) is 5.39. The SMILES string of the molecule is CCNC1CCC(CC)CC1S(=O)c1cc(C)ccc1C. The maximum absolute atomic E-state index is 13.2. The normalized spacial score (nSPS) is 27.5. The Morgan fingerprint density at radius 3 is 2.67 bits per heavy atom. The predicted octanol–water partition coefficient (Wildman–Crippen LogP) is 3.97. The molecule has 1 saturated carbocycles. The van der Waals surface area contributed by atoms with Crippen LogP contribution in [0.25, 0.3) is 0 Å². The second-order valence-electron chi connectivity index (χ2n) is 6.36. The molecule has 1 aliphatic carbocycles. The number of hydrogen-bond donors (Lipinski definition) is 1. The van der Waals surface area contributed by atoms with Crippen molar-refractivity contribution < 1.29 is 4.21 Å². The monoisotopic (exact) mass is 307 g/mol. The molecule has 0 bridgehead atoms. The molecule has 3 heteroatoms. The number of benzene rings is 1. The molecule has 0 radical (unpaired) electrons. The van der Waals surface area contributed by atoms with E-state index in [0.29, 0.717) is 6.04 Å². The Morgan fingerprint density at radius 2 is 2.00 bits per heavy atom. The standard InChI is InChI=1S/C18H29NOS/c1-5-15-9-10-16(19-6-2)18(12-15)21(20)17-11-13(3)7-8-14(17)4/h7-8,11,15-16,18-19H,5-6,9-10,12H2,1-4H3. The first kappa shape index (κ1) is 16.7. The van der Waals surface area contributed by atoms with Crippen molar-refractivity contribution in [2.75, 3.05) is 6.54 Å². The fraction of sp³-hybridized carbons (Fsp3) is 0.667. The number of rotatable bonds is 5. The van der Waals surface area contributed by atoms with Crippen LogP contribution in [0.4, 0.5) is 0 Å². The summed E-state index contributed by atoms with van der Waals surface area (Å²) in [6.07, 6.45) is 4.73. The van der Waals surface area contributed by atoms with E-state index >= 15 is 0 Å². The zero-order chi connectivity index (χ0) is 15.4. The molecule has 1 aliphatic rings. The van der Waals surface area contributed by atoms with Gasteiger partial charge in [-0.15, -0.1) is 0 Å². The van der Waals surface area contributed by atoms with Crippen LogP contribution >= 0.6 is 0 Å². The van der Waals surface area contributed by atoms with Crippen LogP contribution in [-0.2, 0) is 10.8 Å². The van der Waals surface area contributed by atoms with E-state index in [1.807, 2.05) is 0 Å². The maximum Gasteiger partial charge on any atom is 0.0579 e. The molecule has 0 saturated heterocycles. The first-order valence-electron chi connectivity index (χ1n) is 8.28. The third kappa shape index (κ3) is 3.95. The molecule has 0 amide bonds. The van der Waals surface area contributed by atoms with Gasteiger partial charge in [-0.2, -0.15) is 0 Å². The summed E-state index contributed by atoms with van der Waals surface area (Å²) in [5.41, 5.74) is 2.36. The summed E-state index contributed by atoms with van der Waals surface area (Å²) < 4.78 is 13.2. The Hall–Kier alpha value is -0.670. The Morgan fingerprint density at radius 1 is 1.24 bits per heavy atom. The van der Waals surface area contributed by atoms with E-state index in [2.05, 4.69) is 51.2 Å². The van der Waals surface area contributed by atoms with E-state index in [-0.39, 0.29) is 5.25 Å². The van der Waals surface area contributed by atoms with Gasteiger partial charge < -0.3 is 5.32 Å². The van der Waals surface area contributed by atoms with Crippen LogP contribution in [0.1, 0.15) is 50.7 Å². The first-order chi connectivity index (χ1) is 10.1. The van der Waals surface area contributed by atoms with E-state index in [9.17, 15) is 4.21 Å². The average Bonchev–Trinajstić information content (AvgIpc) is 2.49. The Balaban J connectivity index is 2.25. The number of aryl methyl sites for hydroxylation is 2. The minimum atomic E-state index is -0.908. The largest absolute Gasteiger partial charge is 0.313 e. The van der Waals surface area contributed by atoms with Crippen molar-refractivity contribution in [1.29, 1.82) is 0 Å². The van der Waals surface area contributed by atoms with Crippen molar-refractivity contribution in [3.8, 4) is 0 Å². The highest BCUT2D eigenvalue weighted by atomic mass is 32.2. The van der Waals surface area contributed by atoms with E-state index in [1.165, 1.54) is 18.4 Å². The Kier molecular flexibility index (Phi) is 6.00. The van der Waals surface area contributed by atoms with E-state index in [1.54, 1.807) is 0 Å². The summed E-state index contributed by atoms with van der Waals surface area (Å²) >= 11 is 0. The van der Waals surface area contributed by atoms with Gasteiger partial charge in [-0.3, -0.25) is 4.21 Å². The van der Waals surface area contributed by atoms with Gasteiger partial charge in [0.1, 0.15) is 0 Å². The quantitative estimate of drug-likeness (QED) is 0.892. The lowest BCUT2D eigenvalue weighted by atomic mass is 9.84. The molecule has 0 spiro atoms. The van der Waals surface area contributed by atoms with Gasteiger partial charge in [0.15, 0.2) is 0 Å². The third-order valence-electron chi connectivity index (χ3n) is 4.78. The first-order valence-corrected chi connectivity index (χ1v) is 9.49. The summed E-state index contributed by atoms with van der Waals surface area (Å²) in [4.78, 5) is 1.04. The zero-order valence-electron chi connectivity index (χ0n) is 13.8. The van der Waals surface area contributed by atoms with Crippen LogP contribution < -0.4 is 5.32 Å². The zero-order valence-corrected chi connectivity index (χ0v) is 14.6. The molecule has 4 atom stereocenters. The molecule has 1 fully saturated rings. The number of nitrogens with one attached hydrogen (secondary N) is 1. The van der Waals surface area contributed by atoms with Gasteiger partial charge in [-0.05, 0) is 62.8 Å². The fourth-order valence-electron chi connectivity index (χ4n) is 3.40. The lowest BCUT2D eigenvalue weighted by Gasteiger charge is -2.36. The topological polar surface area (TPSA) is 29.1 Å². The van der Waals surface area contributed by atoms with Gasteiger partial charge in [0, 0.05) is 10.9 Å². The Bertz CT molecular complexity index is 500. The second kappa shape index (κ2) is 7.55. The third-order valence-corrected chi connectivity index (χ3v) is 6.72. The summed E-state index contributed by atoms with van der Waals surface area (Å²) in [6, 6.07) is 6.72. The van der Waals surface area contributed by atoms with Crippen molar-refractivity contribution in [3.05, 3.63) is 29.3 Å². The molecule has 0 aliphatic heterocycles. The molecule has 0 aromatic heterocycles. The van der Waals surface area contributed by atoms with Gasteiger partial charge in [-0.1, -0.05) is 32.4 Å². The van der Waals surface area contributed by atoms with Crippen LogP contribution in [0.2, 0.25) is 0 Å². The molecule has 1 aromatic rings.